The van der Waals surface area contributed by atoms with Gasteiger partial charge in [-0.15, -0.1) is 0 Å². The number of hydrogen-bond acceptors (Lipinski definition) is 4. The van der Waals surface area contributed by atoms with Gasteiger partial charge >= 0.3 is 5.70 Å². The summed E-state index contributed by atoms with van der Waals surface area (Å²) in [6.07, 6.45) is 2.76. The molecule has 0 aromatic heterocycles. The summed E-state index contributed by atoms with van der Waals surface area (Å²) < 4.78 is 0. The molecule has 0 aliphatic rings. The van der Waals surface area contributed by atoms with Crippen LogP contribution in [0.1, 0.15) is 105 Å². The molecule has 0 spiro atoms. The van der Waals surface area contributed by atoms with Gasteiger partial charge in [0.25, 0.3) is 0 Å². The van der Waals surface area contributed by atoms with E-state index < -0.39 is 4.92 Å². The SMILES string of the molecule is CC(C)(C)c1cc(N=C/C(=C/Nc2cc(C(C)(C)C)cc(C(C)(C)C)c2)[N+](=O)[O-])cc(C(C)(C)C)c1. The van der Waals surface area contributed by atoms with Crippen LogP contribution in [-0.2, 0) is 21.7 Å². The lowest BCUT2D eigenvalue weighted by Crippen LogP contribution is -2.17. The highest BCUT2D eigenvalue weighted by Gasteiger charge is 2.22. The number of nitrogens with zero attached hydrogens (tertiary/aromatic N) is 2. The molecule has 0 fully saturated rings. The topological polar surface area (TPSA) is 67.5 Å². The second kappa shape index (κ2) is 10.2. The van der Waals surface area contributed by atoms with Crippen LogP contribution in [0.25, 0.3) is 0 Å². The van der Waals surface area contributed by atoms with E-state index in [0.717, 1.165) is 16.8 Å². The minimum Gasteiger partial charge on any atom is -0.356 e. The Hall–Kier alpha value is -2.95. The molecule has 0 heterocycles. The zero-order valence-electron chi connectivity index (χ0n) is 24.3. The molecule has 2 aromatic carbocycles. The number of allylic oxidation sites excluding steroid dienone is 1. The molecule has 0 bridgehead atoms. The van der Waals surface area contributed by atoms with Crippen LogP contribution in [0.2, 0.25) is 0 Å². The van der Waals surface area contributed by atoms with Gasteiger partial charge in [0.15, 0.2) is 0 Å². The summed E-state index contributed by atoms with van der Waals surface area (Å²) in [4.78, 5) is 16.0. The lowest BCUT2D eigenvalue weighted by molar-refractivity contribution is -0.414. The summed E-state index contributed by atoms with van der Waals surface area (Å²) in [6, 6.07) is 12.6. The Balaban J connectivity index is 2.48. The number of nitrogens with one attached hydrogen (secondary N) is 1. The fourth-order valence-electron chi connectivity index (χ4n) is 3.56. The summed E-state index contributed by atoms with van der Waals surface area (Å²) in [7, 11) is 0. The number of rotatable bonds is 5. The highest BCUT2D eigenvalue weighted by atomic mass is 16.6. The minimum absolute atomic E-state index is 0.0440. The van der Waals surface area contributed by atoms with E-state index >= 15 is 0 Å². The first kappa shape index (κ1) is 29.3. The van der Waals surface area contributed by atoms with Gasteiger partial charge in [0.2, 0.25) is 0 Å². The lowest BCUT2D eigenvalue weighted by Gasteiger charge is -2.26. The van der Waals surface area contributed by atoms with Crippen molar-refractivity contribution in [1.82, 2.24) is 0 Å². The fraction of sp³-hybridized carbons (Fsp3) is 0.516. The highest BCUT2D eigenvalue weighted by molar-refractivity contribution is 5.79. The summed E-state index contributed by atoms with van der Waals surface area (Å²) >= 11 is 0. The summed E-state index contributed by atoms with van der Waals surface area (Å²) in [5, 5.41) is 15.0. The average Bonchev–Trinajstić information content (AvgIpc) is 2.70. The zero-order valence-corrected chi connectivity index (χ0v) is 24.3. The molecule has 36 heavy (non-hydrogen) atoms. The van der Waals surface area contributed by atoms with Crippen LogP contribution in [0.15, 0.2) is 53.3 Å². The van der Waals surface area contributed by atoms with Crippen LogP contribution in [0.4, 0.5) is 11.4 Å². The molecular formula is C31H45N3O2. The molecule has 2 aromatic rings. The van der Waals surface area contributed by atoms with E-state index in [1.165, 1.54) is 23.5 Å². The van der Waals surface area contributed by atoms with Crippen molar-refractivity contribution in [3.05, 3.63) is 80.7 Å². The number of nitro groups is 1. The third kappa shape index (κ3) is 8.04. The van der Waals surface area contributed by atoms with Gasteiger partial charge in [-0.1, -0.05) is 95.2 Å². The first-order valence-electron chi connectivity index (χ1n) is 12.7. The summed E-state index contributed by atoms with van der Waals surface area (Å²) in [5.74, 6) is 0. The predicted molar refractivity (Wildman–Crippen MR) is 155 cm³/mol. The molecule has 0 radical (unpaired) electrons. The normalized spacial score (nSPS) is 13.8. The van der Waals surface area contributed by atoms with Crippen LogP contribution in [0.3, 0.4) is 0 Å². The molecule has 0 unspecified atom stereocenters. The Morgan fingerprint density at radius 2 is 1.06 bits per heavy atom. The summed E-state index contributed by atoms with van der Waals surface area (Å²) in [5.41, 5.74) is 5.89. The van der Waals surface area contributed by atoms with Crippen molar-refractivity contribution in [3.8, 4) is 0 Å². The number of benzene rings is 2. The maximum absolute atomic E-state index is 11.9. The maximum Gasteiger partial charge on any atom is 0.303 e. The van der Waals surface area contributed by atoms with E-state index in [9.17, 15) is 10.1 Å². The Labute approximate surface area is 218 Å². The lowest BCUT2D eigenvalue weighted by atomic mass is 9.80. The third-order valence-corrected chi connectivity index (χ3v) is 6.26. The van der Waals surface area contributed by atoms with Gasteiger partial charge in [-0.3, -0.25) is 10.1 Å². The number of aliphatic imine (C=N–C) groups is 1. The van der Waals surface area contributed by atoms with Crippen molar-refractivity contribution in [2.24, 2.45) is 4.99 Å². The Bertz CT molecular complexity index is 1100. The summed E-state index contributed by atoms with van der Waals surface area (Å²) in [6.45, 7) is 26.0. The smallest absolute Gasteiger partial charge is 0.303 e. The molecule has 196 valence electrons. The largest absolute Gasteiger partial charge is 0.356 e. The van der Waals surface area contributed by atoms with Gasteiger partial charge in [0.05, 0.1) is 16.8 Å². The molecule has 0 saturated heterocycles. The molecule has 0 saturated carbocycles. The van der Waals surface area contributed by atoms with E-state index in [4.69, 9.17) is 0 Å². The molecule has 0 aliphatic heterocycles. The molecular weight excluding hydrogens is 446 g/mol. The first-order chi connectivity index (χ1) is 16.2. The van der Waals surface area contributed by atoms with E-state index in [1.54, 1.807) is 0 Å². The molecule has 5 nitrogen and oxygen atoms in total. The fourth-order valence-corrected chi connectivity index (χ4v) is 3.56. The second-order valence-corrected chi connectivity index (χ2v) is 13.8. The van der Waals surface area contributed by atoms with Crippen molar-refractivity contribution >= 4 is 17.6 Å². The van der Waals surface area contributed by atoms with Gasteiger partial charge in [-0.05, 0) is 68.2 Å². The maximum atomic E-state index is 11.9. The molecule has 0 amide bonds. The van der Waals surface area contributed by atoms with E-state index in [2.05, 4.69) is 118 Å². The van der Waals surface area contributed by atoms with Crippen LogP contribution in [-0.4, -0.2) is 11.1 Å². The van der Waals surface area contributed by atoms with E-state index in [1.807, 2.05) is 12.1 Å². The van der Waals surface area contributed by atoms with Crippen LogP contribution >= 0.6 is 0 Å². The van der Waals surface area contributed by atoms with Crippen molar-refractivity contribution in [2.75, 3.05) is 5.32 Å². The van der Waals surface area contributed by atoms with Gasteiger partial charge in [-0.25, -0.2) is 4.99 Å². The van der Waals surface area contributed by atoms with Gasteiger partial charge in [0, 0.05) is 5.69 Å². The third-order valence-electron chi connectivity index (χ3n) is 6.26. The van der Waals surface area contributed by atoms with Crippen molar-refractivity contribution in [2.45, 2.75) is 105 Å². The van der Waals surface area contributed by atoms with Crippen molar-refractivity contribution in [3.63, 3.8) is 0 Å². The molecule has 2 rings (SSSR count). The Kier molecular flexibility index (Phi) is 8.29. The average molecular weight is 492 g/mol. The minimum atomic E-state index is -0.410. The van der Waals surface area contributed by atoms with Crippen LogP contribution in [0.5, 0.6) is 0 Å². The Morgan fingerprint density at radius 3 is 1.39 bits per heavy atom. The highest BCUT2D eigenvalue weighted by Crippen LogP contribution is 2.34. The Morgan fingerprint density at radius 1 is 0.694 bits per heavy atom. The van der Waals surface area contributed by atoms with E-state index in [0.29, 0.717) is 5.69 Å². The van der Waals surface area contributed by atoms with Crippen molar-refractivity contribution < 1.29 is 4.92 Å². The predicted octanol–water partition coefficient (Wildman–Crippen LogP) is 8.81. The number of anilines is 1. The molecule has 1 N–H and O–H groups in total. The molecule has 5 heteroatoms. The number of hydrogen-bond donors (Lipinski definition) is 1. The van der Waals surface area contributed by atoms with Gasteiger partial charge in [0.1, 0.15) is 6.21 Å². The first-order valence-corrected chi connectivity index (χ1v) is 12.7. The molecule has 0 atom stereocenters. The van der Waals surface area contributed by atoms with Crippen molar-refractivity contribution in [1.29, 1.82) is 0 Å². The standard InChI is InChI=1S/C31H45N3O2/c1-28(2,3)21-13-22(29(4,5)6)16-25(15-21)32-19-27(34(35)36)20-33-26-17-23(30(7,8)9)14-24(18-26)31(10,11)12/h13-20,32H,1-12H3/b27-19-,33-20?. The van der Waals surface area contributed by atoms with Crippen LogP contribution in [0, 0.1) is 10.1 Å². The molecule has 0 aliphatic carbocycles. The monoisotopic (exact) mass is 491 g/mol. The second-order valence-electron chi connectivity index (χ2n) is 13.8. The zero-order chi connectivity index (χ0) is 27.7. The van der Waals surface area contributed by atoms with Gasteiger partial charge < -0.3 is 5.32 Å². The van der Waals surface area contributed by atoms with E-state index in [-0.39, 0.29) is 27.4 Å². The van der Waals surface area contributed by atoms with Gasteiger partial charge in [-0.2, -0.15) is 0 Å². The van der Waals surface area contributed by atoms with Crippen LogP contribution < -0.4 is 5.32 Å². The quantitative estimate of drug-likeness (QED) is 0.258.